The van der Waals surface area contributed by atoms with Gasteiger partial charge in [-0.25, -0.2) is 0 Å². The van der Waals surface area contributed by atoms with Crippen LogP contribution in [0.15, 0.2) is 36.4 Å². The van der Waals surface area contributed by atoms with E-state index in [2.05, 4.69) is 0 Å². The number of para-hydroxylation sites is 1. The summed E-state index contributed by atoms with van der Waals surface area (Å²) in [5.41, 5.74) is 0.0691. The normalized spacial score (nSPS) is 18.6. The van der Waals surface area contributed by atoms with Crippen LogP contribution >= 0.6 is 23.2 Å². The van der Waals surface area contributed by atoms with E-state index in [0.29, 0.717) is 27.0 Å². The first-order valence-electron chi connectivity index (χ1n) is 8.46. The molecule has 0 spiro atoms. The first kappa shape index (κ1) is 19.7. The minimum absolute atomic E-state index is 0.164. The lowest BCUT2D eigenvalue weighted by molar-refractivity contribution is -0.141. The number of rotatable bonds is 6. The molecule has 0 bridgehead atoms. The Balaban J connectivity index is 1.83. The molecule has 0 aromatic heterocycles. The first-order valence-corrected chi connectivity index (χ1v) is 9.21. The predicted octanol–water partition coefficient (Wildman–Crippen LogP) is 3.89. The molecule has 0 aliphatic carbocycles. The van der Waals surface area contributed by atoms with Crippen molar-refractivity contribution in [3.05, 3.63) is 57.6 Å². The van der Waals surface area contributed by atoms with E-state index >= 15 is 0 Å². The summed E-state index contributed by atoms with van der Waals surface area (Å²) < 4.78 is 5.67. The second-order valence-corrected chi connectivity index (χ2v) is 7.43. The molecule has 2 aromatic rings. The molecule has 27 heavy (non-hydrogen) atoms. The van der Waals surface area contributed by atoms with Gasteiger partial charge in [0, 0.05) is 17.0 Å². The molecule has 1 aliphatic rings. The lowest BCUT2D eigenvalue weighted by Crippen LogP contribution is -2.43. The number of ether oxygens (including phenoxy) is 1. The van der Waals surface area contributed by atoms with E-state index < -0.39 is 11.5 Å². The van der Waals surface area contributed by atoms with Crippen molar-refractivity contribution in [3.8, 4) is 5.75 Å². The van der Waals surface area contributed by atoms with Gasteiger partial charge < -0.3 is 14.7 Å². The number of Topliss-reactive ketones (excluding diaryl/α,β-unsaturated/α-hetero) is 1. The van der Waals surface area contributed by atoms with Crippen LogP contribution < -0.4 is 9.64 Å². The van der Waals surface area contributed by atoms with Gasteiger partial charge in [0.1, 0.15) is 18.1 Å². The Morgan fingerprint density at radius 2 is 2.00 bits per heavy atom. The number of carbonyl (C=O) groups excluding carboxylic acids is 2. The summed E-state index contributed by atoms with van der Waals surface area (Å²) in [6.45, 7) is 3.58. The zero-order valence-electron chi connectivity index (χ0n) is 15.0. The van der Waals surface area contributed by atoms with Gasteiger partial charge in [-0.05, 0) is 37.6 Å². The van der Waals surface area contributed by atoms with Crippen molar-refractivity contribution in [2.45, 2.75) is 25.9 Å². The number of aryl methyl sites for hydroxylation is 1. The van der Waals surface area contributed by atoms with Gasteiger partial charge >= 0.3 is 0 Å². The van der Waals surface area contributed by atoms with Crippen LogP contribution in [0.3, 0.4) is 0 Å². The summed E-state index contributed by atoms with van der Waals surface area (Å²) in [6.07, 6.45) is -0.261. The van der Waals surface area contributed by atoms with E-state index in [1.54, 1.807) is 30.3 Å². The number of aliphatic hydroxyl groups is 1. The molecule has 1 aliphatic heterocycles. The zero-order chi connectivity index (χ0) is 19.8. The standard InChI is InChI=1S/C20H19Cl2NO4/c1-12-4-3-5-15-18(12)23(19(25)20(15,26)11-13(2)24)8-9-27-17-7-6-14(21)10-16(17)22/h3-7,10,26H,8-9,11H2,1-2H3. The fourth-order valence-electron chi connectivity index (χ4n) is 3.37. The summed E-state index contributed by atoms with van der Waals surface area (Å²) in [4.78, 5) is 26.1. The predicted molar refractivity (Wildman–Crippen MR) is 105 cm³/mol. The molecule has 2 aromatic carbocycles. The van der Waals surface area contributed by atoms with Crippen LogP contribution in [0.2, 0.25) is 10.0 Å². The average molecular weight is 408 g/mol. The van der Waals surface area contributed by atoms with Gasteiger partial charge in [0.25, 0.3) is 5.91 Å². The van der Waals surface area contributed by atoms with Gasteiger partial charge in [-0.3, -0.25) is 9.59 Å². The second kappa shape index (κ2) is 7.50. The number of ketones is 1. The third-order valence-corrected chi connectivity index (χ3v) is 5.05. The number of nitrogens with zero attached hydrogens (tertiary/aromatic N) is 1. The SMILES string of the molecule is CC(=O)CC1(O)C(=O)N(CCOc2ccc(Cl)cc2Cl)c2c(C)cccc21. The average Bonchev–Trinajstić information content (AvgIpc) is 2.79. The Morgan fingerprint density at radius 3 is 2.67 bits per heavy atom. The molecule has 5 nitrogen and oxygen atoms in total. The van der Waals surface area contributed by atoms with Crippen LogP contribution in [0.1, 0.15) is 24.5 Å². The number of amides is 1. The maximum absolute atomic E-state index is 13.0. The van der Waals surface area contributed by atoms with Crippen molar-refractivity contribution >= 4 is 40.6 Å². The van der Waals surface area contributed by atoms with Gasteiger partial charge in [0.2, 0.25) is 0 Å². The largest absolute Gasteiger partial charge is 0.490 e. The molecule has 0 radical (unpaired) electrons. The summed E-state index contributed by atoms with van der Waals surface area (Å²) in [6, 6.07) is 10.2. The molecule has 0 saturated heterocycles. The molecule has 142 valence electrons. The van der Waals surface area contributed by atoms with Crippen molar-refractivity contribution in [2.75, 3.05) is 18.1 Å². The monoisotopic (exact) mass is 407 g/mol. The molecule has 7 heteroatoms. The Labute approximate surface area is 167 Å². The van der Waals surface area contributed by atoms with Crippen molar-refractivity contribution in [3.63, 3.8) is 0 Å². The summed E-state index contributed by atoms with van der Waals surface area (Å²) >= 11 is 12.0. The maximum Gasteiger partial charge on any atom is 0.264 e. The molecule has 0 fully saturated rings. The number of carbonyl (C=O) groups is 2. The van der Waals surface area contributed by atoms with Gasteiger partial charge in [-0.1, -0.05) is 41.4 Å². The topological polar surface area (TPSA) is 66.8 Å². The van der Waals surface area contributed by atoms with Crippen molar-refractivity contribution in [2.24, 2.45) is 0 Å². The molecule has 1 amide bonds. The zero-order valence-corrected chi connectivity index (χ0v) is 16.5. The number of anilines is 1. The molecule has 1 unspecified atom stereocenters. The van der Waals surface area contributed by atoms with E-state index in [4.69, 9.17) is 27.9 Å². The van der Waals surface area contributed by atoms with Crippen LogP contribution in [-0.2, 0) is 15.2 Å². The van der Waals surface area contributed by atoms with Crippen molar-refractivity contribution < 1.29 is 19.4 Å². The summed E-state index contributed by atoms with van der Waals surface area (Å²) in [5.74, 6) is -0.325. The lowest BCUT2D eigenvalue weighted by atomic mass is 9.89. The quantitative estimate of drug-likeness (QED) is 0.788. The van der Waals surface area contributed by atoms with Crippen LogP contribution in [0.25, 0.3) is 0 Å². The van der Waals surface area contributed by atoms with Crippen LogP contribution in [0.5, 0.6) is 5.75 Å². The molecule has 0 saturated carbocycles. The molecule has 1 heterocycles. The third-order valence-electron chi connectivity index (χ3n) is 4.52. The summed E-state index contributed by atoms with van der Waals surface area (Å²) in [7, 11) is 0. The number of hydrogen-bond donors (Lipinski definition) is 1. The Morgan fingerprint density at radius 1 is 1.26 bits per heavy atom. The third kappa shape index (κ3) is 3.68. The molecular formula is C20H19Cl2NO4. The highest BCUT2D eigenvalue weighted by molar-refractivity contribution is 6.35. The molecule has 1 atom stereocenters. The fraction of sp³-hybridized carbons (Fsp3) is 0.300. The number of halogens is 2. The van der Waals surface area contributed by atoms with Crippen molar-refractivity contribution in [1.29, 1.82) is 0 Å². The highest BCUT2D eigenvalue weighted by Gasteiger charge is 2.50. The van der Waals surface area contributed by atoms with Gasteiger partial charge in [-0.15, -0.1) is 0 Å². The number of hydrogen-bond acceptors (Lipinski definition) is 4. The molecule has 1 N–H and O–H groups in total. The Kier molecular flexibility index (Phi) is 5.47. The van der Waals surface area contributed by atoms with Crippen LogP contribution in [0.4, 0.5) is 5.69 Å². The second-order valence-electron chi connectivity index (χ2n) is 6.59. The Hall–Kier alpha value is -2.08. The minimum Gasteiger partial charge on any atom is -0.490 e. The highest BCUT2D eigenvalue weighted by atomic mass is 35.5. The smallest absolute Gasteiger partial charge is 0.264 e. The van der Waals surface area contributed by atoms with E-state index in [1.165, 1.54) is 11.8 Å². The highest BCUT2D eigenvalue weighted by Crippen LogP contribution is 2.44. The molecule has 3 rings (SSSR count). The van der Waals surface area contributed by atoms with E-state index in [-0.39, 0.29) is 25.4 Å². The lowest BCUT2D eigenvalue weighted by Gasteiger charge is -2.22. The van der Waals surface area contributed by atoms with Gasteiger partial charge in [-0.2, -0.15) is 0 Å². The van der Waals surface area contributed by atoms with Gasteiger partial charge in [0.15, 0.2) is 5.60 Å². The van der Waals surface area contributed by atoms with E-state index in [0.717, 1.165) is 5.56 Å². The number of benzene rings is 2. The van der Waals surface area contributed by atoms with Gasteiger partial charge in [0.05, 0.1) is 17.3 Å². The van der Waals surface area contributed by atoms with E-state index in [1.807, 2.05) is 13.0 Å². The van der Waals surface area contributed by atoms with E-state index in [9.17, 15) is 14.7 Å². The molecular weight excluding hydrogens is 389 g/mol. The van der Waals surface area contributed by atoms with Crippen LogP contribution in [0, 0.1) is 6.92 Å². The first-order chi connectivity index (χ1) is 12.7. The van der Waals surface area contributed by atoms with Crippen LogP contribution in [-0.4, -0.2) is 29.9 Å². The maximum atomic E-state index is 13.0. The Bertz CT molecular complexity index is 915. The summed E-state index contributed by atoms with van der Waals surface area (Å²) in [5, 5.41) is 11.9. The number of fused-ring (bicyclic) bond motifs is 1. The fourth-order valence-corrected chi connectivity index (χ4v) is 3.84. The van der Waals surface area contributed by atoms with Crippen molar-refractivity contribution in [1.82, 2.24) is 0 Å². The minimum atomic E-state index is -1.84.